The van der Waals surface area contributed by atoms with Crippen molar-refractivity contribution < 1.29 is 0 Å². The van der Waals surface area contributed by atoms with Crippen LogP contribution in [0.15, 0.2) is 9.85 Å². The maximum atomic E-state index is 6.38. The van der Waals surface area contributed by atoms with Gasteiger partial charge >= 0.3 is 0 Å². The number of nitrogens with one attached hydrogen (secondary N) is 1. The van der Waals surface area contributed by atoms with Crippen LogP contribution in [0.25, 0.3) is 0 Å². The van der Waals surface area contributed by atoms with E-state index in [4.69, 9.17) is 11.6 Å². The molecular formula is C15H21BrClN3S. The highest BCUT2D eigenvalue weighted by Crippen LogP contribution is 2.34. The van der Waals surface area contributed by atoms with Gasteiger partial charge in [0, 0.05) is 23.5 Å². The first-order valence-electron chi connectivity index (χ1n) is 7.11. The molecule has 0 spiro atoms. The number of aryl methyl sites for hydroxylation is 3. The fourth-order valence-corrected chi connectivity index (χ4v) is 4.26. The van der Waals surface area contributed by atoms with Crippen molar-refractivity contribution in [3.8, 4) is 0 Å². The Hall–Kier alpha value is -0.360. The van der Waals surface area contributed by atoms with Gasteiger partial charge < -0.3 is 5.32 Å². The van der Waals surface area contributed by atoms with E-state index in [-0.39, 0.29) is 6.04 Å². The summed E-state index contributed by atoms with van der Waals surface area (Å²) in [6.07, 6.45) is 1.98. The summed E-state index contributed by atoms with van der Waals surface area (Å²) in [5.74, 6) is 0. The molecule has 0 bridgehead atoms. The smallest absolute Gasteiger partial charge is 0.130 e. The van der Waals surface area contributed by atoms with Gasteiger partial charge in [-0.15, -0.1) is 11.3 Å². The van der Waals surface area contributed by atoms with Crippen LogP contribution in [-0.2, 0) is 13.5 Å². The lowest BCUT2D eigenvalue weighted by molar-refractivity contribution is 0.535. The first kappa shape index (κ1) is 17.0. The zero-order chi connectivity index (χ0) is 15.6. The third-order valence-corrected chi connectivity index (χ3v) is 6.26. The molecule has 3 nitrogen and oxygen atoms in total. The minimum absolute atomic E-state index is 0.278. The van der Waals surface area contributed by atoms with Crippen LogP contribution in [0.1, 0.15) is 41.1 Å². The molecule has 2 aromatic rings. The average Bonchev–Trinajstić information content (AvgIpc) is 2.88. The predicted molar refractivity (Wildman–Crippen MR) is 94.4 cm³/mol. The molecule has 2 rings (SSSR count). The molecule has 0 aliphatic rings. The van der Waals surface area contributed by atoms with Gasteiger partial charge in [0.25, 0.3) is 0 Å². The summed E-state index contributed by atoms with van der Waals surface area (Å²) >= 11 is 11.8. The first-order valence-corrected chi connectivity index (χ1v) is 9.10. The molecule has 6 heteroatoms. The number of hydrogen-bond donors (Lipinski definition) is 1. The summed E-state index contributed by atoms with van der Waals surface area (Å²) in [6, 6.07) is 2.53. The number of thiophene rings is 1. The Morgan fingerprint density at radius 1 is 1.48 bits per heavy atom. The second-order valence-corrected chi connectivity index (χ2v) is 8.05. The highest BCUT2D eigenvalue weighted by atomic mass is 79.9. The summed E-state index contributed by atoms with van der Waals surface area (Å²) in [5.41, 5.74) is 3.43. The van der Waals surface area contributed by atoms with Crippen LogP contribution in [-0.4, -0.2) is 16.3 Å². The van der Waals surface area contributed by atoms with Crippen molar-refractivity contribution in [1.29, 1.82) is 0 Å². The van der Waals surface area contributed by atoms with Gasteiger partial charge in [-0.3, -0.25) is 4.68 Å². The second-order valence-electron chi connectivity index (χ2n) is 5.29. The molecule has 0 radical (unpaired) electrons. The summed E-state index contributed by atoms with van der Waals surface area (Å²) < 4.78 is 2.95. The van der Waals surface area contributed by atoms with Crippen LogP contribution in [0.3, 0.4) is 0 Å². The van der Waals surface area contributed by atoms with E-state index in [0.29, 0.717) is 0 Å². The van der Waals surface area contributed by atoms with Crippen LogP contribution in [0, 0.1) is 13.8 Å². The van der Waals surface area contributed by atoms with Gasteiger partial charge in [-0.05, 0) is 60.8 Å². The lowest BCUT2D eigenvalue weighted by Crippen LogP contribution is -2.23. The van der Waals surface area contributed by atoms with Crippen LogP contribution >= 0.6 is 38.9 Å². The third kappa shape index (κ3) is 3.89. The molecule has 0 aliphatic heterocycles. The molecule has 0 amide bonds. The van der Waals surface area contributed by atoms with Crippen LogP contribution in [0.4, 0.5) is 0 Å². The maximum Gasteiger partial charge on any atom is 0.130 e. The monoisotopic (exact) mass is 389 g/mol. The van der Waals surface area contributed by atoms with Gasteiger partial charge in [0.2, 0.25) is 0 Å². The molecule has 2 heterocycles. The standard InChI is InChI=1S/C15H21BrClN3S/c1-5-6-18-12(13-7-9(2)14(16)21-13)8-11-10(3)19-20(4)15(11)17/h7,12,18H,5-6,8H2,1-4H3. The van der Waals surface area contributed by atoms with Gasteiger partial charge in [0.1, 0.15) is 5.15 Å². The van der Waals surface area contributed by atoms with Crippen LogP contribution in [0.2, 0.25) is 5.15 Å². The highest BCUT2D eigenvalue weighted by Gasteiger charge is 2.20. The lowest BCUT2D eigenvalue weighted by Gasteiger charge is -2.17. The average molecular weight is 391 g/mol. The Morgan fingerprint density at radius 3 is 2.67 bits per heavy atom. The Balaban J connectivity index is 2.28. The molecule has 0 saturated carbocycles. The normalized spacial score (nSPS) is 12.9. The van der Waals surface area contributed by atoms with E-state index < -0.39 is 0 Å². The number of aromatic nitrogens is 2. The SMILES string of the molecule is CCCNC(Cc1c(C)nn(C)c1Cl)c1cc(C)c(Br)s1. The van der Waals surface area contributed by atoms with E-state index in [2.05, 4.69) is 46.3 Å². The van der Waals surface area contributed by atoms with Crippen molar-refractivity contribution >= 4 is 38.9 Å². The fraction of sp³-hybridized carbons (Fsp3) is 0.533. The van der Waals surface area contributed by atoms with Crippen molar-refractivity contribution in [2.24, 2.45) is 7.05 Å². The van der Waals surface area contributed by atoms with Crippen molar-refractivity contribution in [2.45, 2.75) is 39.7 Å². The lowest BCUT2D eigenvalue weighted by atomic mass is 10.0. The summed E-state index contributed by atoms with van der Waals surface area (Å²) in [7, 11) is 1.89. The maximum absolute atomic E-state index is 6.38. The van der Waals surface area contributed by atoms with E-state index in [1.807, 2.05) is 14.0 Å². The van der Waals surface area contributed by atoms with E-state index in [1.165, 1.54) is 14.2 Å². The van der Waals surface area contributed by atoms with Gasteiger partial charge in [-0.2, -0.15) is 5.10 Å². The first-order chi connectivity index (χ1) is 9.93. The summed E-state index contributed by atoms with van der Waals surface area (Å²) in [5, 5.41) is 8.78. The van der Waals surface area contributed by atoms with Crippen molar-refractivity contribution in [3.63, 3.8) is 0 Å². The second kappa shape index (κ2) is 7.27. The Morgan fingerprint density at radius 2 is 2.19 bits per heavy atom. The van der Waals surface area contributed by atoms with Gasteiger partial charge in [-0.1, -0.05) is 18.5 Å². The largest absolute Gasteiger partial charge is 0.309 e. The molecule has 1 atom stereocenters. The fourth-order valence-electron chi connectivity index (χ4n) is 2.36. The zero-order valence-electron chi connectivity index (χ0n) is 12.8. The van der Waals surface area contributed by atoms with Crippen LogP contribution in [0.5, 0.6) is 0 Å². The number of rotatable bonds is 6. The molecule has 116 valence electrons. The molecule has 0 fully saturated rings. The molecule has 0 aromatic carbocycles. The van der Waals surface area contributed by atoms with Crippen LogP contribution < -0.4 is 5.32 Å². The molecular weight excluding hydrogens is 370 g/mol. The topological polar surface area (TPSA) is 29.9 Å². The van der Waals surface area contributed by atoms with Crippen molar-refractivity contribution in [3.05, 3.63) is 36.7 Å². The predicted octanol–water partition coefficient (Wildman–Crippen LogP) is 4.80. The zero-order valence-corrected chi connectivity index (χ0v) is 16.0. The minimum Gasteiger partial charge on any atom is -0.309 e. The van der Waals surface area contributed by atoms with Crippen molar-refractivity contribution in [2.75, 3.05) is 6.54 Å². The third-order valence-electron chi connectivity index (χ3n) is 3.54. The molecule has 1 N–H and O–H groups in total. The van der Waals surface area contributed by atoms with E-state index >= 15 is 0 Å². The van der Waals surface area contributed by atoms with Gasteiger partial charge in [-0.25, -0.2) is 0 Å². The Bertz CT molecular complexity index is 601. The molecule has 0 aliphatic carbocycles. The Kier molecular flexibility index (Phi) is 5.88. The van der Waals surface area contributed by atoms with E-state index in [0.717, 1.165) is 35.8 Å². The molecule has 0 saturated heterocycles. The number of halogens is 2. The highest BCUT2D eigenvalue weighted by molar-refractivity contribution is 9.11. The Labute approximate surface area is 143 Å². The number of nitrogens with zero attached hydrogens (tertiary/aromatic N) is 2. The molecule has 1 unspecified atom stereocenters. The van der Waals surface area contributed by atoms with Gasteiger partial charge in [0.05, 0.1) is 9.48 Å². The van der Waals surface area contributed by atoms with E-state index in [1.54, 1.807) is 16.0 Å². The molecule has 2 aromatic heterocycles. The van der Waals surface area contributed by atoms with E-state index in [9.17, 15) is 0 Å². The quantitative estimate of drug-likeness (QED) is 0.768. The van der Waals surface area contributed by atoms with Crippen molar-refractivity contribution in [1.82, 2.24) is 15.1 Å². The molecule has 21 heavy (non-hydrogen) atoms. The summed E-state index contributed by atoms with van der Waals surface area (Å²) in [6.45, 7) is 7.33. The summed E-state index contributed by atoms with van der Waals surface area (Å²) in [4.78, 5) is 1.34. The number of hydrogen-bond acceptors (Lipinski definition) is 3. The van der Waals surface area contributed by atoms with Gasteiger partial charge in [0.15, 0.2) is 0 Å². The minimum atomic E-state index is 0.278.